The third-order valence-corrected chi connectivity index (χ3v) is 6.36. The van der Waals surface area contributed by atoms with Crippen molar-refractivity contribution in [2.45, 2.75) is 31.6 Å². The first-order valence-electron chi connectivity index (χ1n) is 11.4. The summed E-state index contributed by atoms with van der Waals surface area (Å²) in [5.74, 6) is 2.21. The highest BCUT2D eigenvalue weighted by Crippen LogP contribution is 2.23. The number of amides is 1. The van der Waals surface area contributed by atoms with E-state index in [1.54, 1.807) is 7.11 Å². The Hall–Kier alpha value is -3.78. The lowest BCUT2D eigenvalue weighted by Crippen LogP contribution is -2.23. The predicted octanol–water partition coefficient (Wildman–Crippen LogP) is 5.00. The number of para-hydroxylation sites is 1. The Labute approximate surface area is 209 Å². The normalized spacial score (nSPS) is 10.7. The van der Waals surface area contributed by atoms with E-state index < -0.39 is 0 Å². The summed E-state index contributed by atoms with van der Waals surface area (Å²) in [6.07, 6.45) is 0.388. The molecular weight excluding hydrogens is 458 g/mol. The average molecular weight is 488 g/mol. The molecule has 7 nitrogen and oxygen atoms in total. The summed E-state index contributed by atoms with van der Waals surface area (Å²) in [6.45, 7) is 3.09. The van der Waals surface area contributed by atoms with Crippen molar-refractivity contribution >= 4 is 23.4 Å². The molecule has 3 aromatic carbocycles. The third-order valence-electron chi connectivity index (χ3n) is 5.43. The van der Waals surface area contributed by atoms with Gasteiger partial charge in [-0.3, -0.25) is 9.36 Å². The van der Waals surface area contributed by atoms with Crippen molar-refractivity contribution in [3.8, 4) is 11.4 Å². The minimum Gasteiger partial charge on any atom is -0.497 e. The maximum atomic E-state index is 12.4. The fraction of sp³-hybridized carbons (Fsp3) is 0.222. The molecule has 0 saturated carbocycles. The van der Waals surface area contributed by atoms with Gasteiger partial charge in [0.2, 0.25) is 5.91 Å². The second-order valence-corrected chi connectivity index (χ2v) is 9.07. The lowest BCUT2D eigenvalue weighted by atomic mass is 10.2. The number of thioether (sulfide) groups is 1. The van der Waals surface area contributed by atoms with Crippen LogP contribution in [0.3, 0.4) is 0 Å². The molecule has 180 valence electrons. The minimum atomic E-state index is 0.000329. The standard InChI is InChI=1S/C27H29N5O2S/c1-20-8-12-22(13-9-20)28-19-25-30-31-27(32(25)23-6-4-3-5-7-23)35-17-16-26(33)29-18-21-10-14-24(34-2)15-11-21/h3-15,28H,16-19H2,1-2H3,(H,29,33). The maximum Gasteiger partial charge on any atom is 0.221 e. The zero-order valence-corrected chi connectivity index (χ0v) is 20.7. The SMILES string of the molecule is COc1ccc(CNC(=O)CCSc2nnc(CNc3ccc(C)cc3)n2-c2ccccc2)cc1. The van der Waals surface area contributed by atoms with Crippen LogP contribution in [-0.4, -0.2) is 33.5 Å². The second kappa shape index (κ2) is 12.1. The Morgan fingerprint density at radius 3 is 2.40 bits per heavy atom. The van der Waals surface area contributed by atoms with Gasteiger partial charge in [0, 0.05) is 30.1 Å². The summed E-state index contributed by atoms with van der Waals surface area (Å²) < 4.78 is 7.21. The van der Waals surface area contributed by atoms with E-state index in [0.717, 1.165) is 33.7 Å². The van der Waals surface area contributed by atoms with Crippen LogP contribution in [0.25, 0.3) is 5.69 Å². The third kappa shape index (κ3) is 6.86. The van der Waals surface area contributed by atoms with Gasteiger partial charge >= 0.3 is 0 Å². The Balaban J connectivity index is 1.35. The van der Waals surface area contributed by atoms with Gasteiger partial charge in [-0.25, -0.2) is 0 Å². The number of aryl methyl sites for hydroxylation is 1. The number of carbonyl (C=O) groups is 1. The summed E-state index contributed by atoms with van der Waals surface area (Å²) in [5, 5.41) is 16.0. The molecule has 0 radical (unpaired) electrons. The Bertz CT molecular complexity index is 1220. The zero-order valence-electron chi connectivity index (χ0n) is 19.9. The van der Waals surface area contributed by atoms with Gasteiger partial charge in [-0.1, -0.05) is 59.8 Å². The summed E-state index contributed by atoms with van der Waals surface area (Å²) in [4.78, 5) is 12.4. The fourth-order valence-electron chi connectivity index (χ4n) is 3.46. The van der Waals surface area contributed by atoms with Gasteiger partial charge in [0.15, 0.2) is 11.0 Å². The minimum absolute atomic E-state index is 0.000329. The first-order valence-corrected chi connectivity index (χ1v) is 12.4. The van der Waals surface area contributed by atoms with Crippen LogP contribution in [0.4, 0.5) is 5.69 Å². The van der Waals surface area contributed by atoms with E-state index in [2.05, 4.69) is 52.0 Å². The molecule has 0 atom stereocenters. The number of nitrogens with one attached hydrogen (secondary N) is 2. The molecule has 0 bridgehead atoms. The average Bonchev–Trinajstić information content (AvgIpc) is 3.30. The second-order valence-electron chi connectivity index (χ2n) is 8.01. The van der Waals surface area contributed by atoms with Crippen molar-refractivity contribution in [2.24, 2.45) is 0 Å². The molecule has 4 rings (SSSR count). The van der Waals surface area contributed by atoms with E-state index in [4.69, 9.17) is 4.74 Å². The molecule has 0 unspecified atom stereocenters. The molecule has 35 heavy (non-hydrogen) atoms. The van der Waals surface area contributed by atoms with E-state index >= 15 is 0 Å². The number of nitrogens with zero attached hydrogens (tertiary/aromatic N) is 3. The van der Waals surface area contributed by atoms with Crippen LogP contribution in [0.5, 0.6) is 5.75 Å². The van der Waals surface area contributed by atoms with Crippen LogP contribution >= 0.6 is 11.8 Å². The largest absolute Gasteiger partial charge is 0.497 e. The van der Waals surface area contributed by atoms with Crippen LogP contribution in [0.15, 0.2) is 84.0 Å². The van der Waals surface area contributed by atoms with Gasteiger partial charge in [0.1, 0.15) is 5.75 Å². The number of carbonyl (C=O) groups excluding carboxylic acids is 1. The fourth-order valence-corrected chi connectivity index (χ4v) is 4.37. The summed E-state index contributed by atoms with van der Waals surface area (Å²) >= 11 is 1.53. The molecule has 2 N–H and O–H groups in total. The van der Waals surface area contributed by atoms with Crippen molar-refractivity contribution in [3.63, 3.8) is 0 Å². The molecule has 0 spiro atoms. The number of hydrogen-bond donors (Lipinski definition) is 2. The van der Waals surface area contributed by atoms with E-state index in [-0.39, 0.29) is 5.91 Å². The Morgan fingerprint density at radius 1 is 0.943 bits per heavy atom. The van der Waals surface area contributed by atoms with Crippen LogP contribution in [0.1, 0.15) is 23.4 Å². The van der Waals surface area contributed by atoms with Crippen LogP contribution in [-0.2, 0) is 17.9 Å². The van der Waals surface area contributed by atoms with Crippen LogP contribution in [0, 0.1) is 6.92 Å². The smallest absolute Gasteiger partial charge is 0.221 e. The van der Waals surface area contributed by atoms with Crippen molar-refractivity contribution < 1.29 is 9.53 Å². The molecule has 8 heteroatoms. The summed E-state index contributed by atoms with van der Waals surface area (Å²) in [5.41, 5.74) is 4.27. The van der Waals surface area contributed by atoms with Crippen molar-refractivity contribution in [3.05, 3.63) is 95.8 Å². The van der Waals surface area contributed by atoms with Gasteiger partial charge < -0.3 is 15.4 Å². The summed E-state index contributed by atoms with van der Waals surface area (Å²) in [6, 6.07) is 26.0. The molecule has 0 aliphatic heterocycles. The molecular formula is C27H29N5O2S. The quantitative estimate of drug-likeness (QED) is 0.290. The Morgan fingerprint density at radius 2 is 1.69 bits per heavy atom. The summed E-state index contributed by atoms with van der Waals surface area (Å²) in [7, 11) is 1.64. The number of benzene rings is 3. The Kier molecular flexibility index (Phi) is 8.40. The van der Waals surface area contributed by atoms with E-state index in [0.29, 0.717) is 25.3 Å². The van der Waals surface area contributed by atoms with E-state index in [9.17, 15) is 4.79 Å². The maximum absolute atomic E-state index is 12.4. The molecule has 1 amide bonds. The number of aromatic nitrogens is 3. The van der Waals surface area contributed by atoms with Gasteiger partial charge in [-0.2, -0.15) is 0 Å². The van der Waals surface area contributed by atoms with Gasteiger partial charge in [0.05, 0.1) is 13.7 Å². The zero-order chi connectivity index (χ0) is 24.5. The molecule has 4 aromatic rings. The van der Waals surface area contributed by atoms with Gasteiger partial charge in [0.25, 0.3) is 0 Å². The van der Waals surface area contributed by atoms with Crippen molar-refractivity contribution in [1.82, 2.24) is 20.1 Å². The van der Waals surface area contributed by atoms with Crippen molar-refractivity contribution in [1.29, 1.82) is 0 Å². The lowest BCUT2D eigenvalue weighted by Gasteiger charge is -2.11. The highest BCUT2D eigenvalue weighted by Gasteiger charge is 2.15. The topological polar surface area (TPSA) is 81.1 Å². The highest BCUT2D eigenvalue weighted by atomic mass is 32.2. The number of methoxy groups -OCH3 is 1. The van der Waals surface area contributed by atoms with Crippen LogP contribution < -0.4 is 15.4 Å². The molecule has 1 aromatic heterocycles. The number of anilines is 1. The van der Waals surface area contributed by atoms with Crippen molar-refractivity contribution in [2.75, 3.05) is 18.2 Å². The predicted molar refractivity (Wildman–Crippen MR) is 140 cm³/mol. The lowest BCUT2D eigenvalue weighted by molar-refractivity contribution is -0.120. The van der Waals surface area contributed by atoms with Gasteiger partial charge in [-0.05, 0) is 48.9 Å². The number of rotatable bonds is 11. The van der Waals surface area contributed by atoms with E-state index in [1.165, 1.54) is 17.3 Å². The number of ether oxygens (including phenoxy) is 1. The first-order chi connectivity index (χ1) is 17.1. The van der Waals surface area contributed by atoms with E-state index in [1.807, 2.05) is 59.2 Å². The molecule has 0 fully saturated rings. The molecule has 0 aliphatic carbocycles. The van der Waals surface area contributed by atoms with Gasteiger partial charge in [-0.15, -0.1) is 10.2 Å². The molecule has 1 heterocycles. The monoisotopic (exact) mass is 487 g/mol. The highest BCUT2D eigenvalue weighted by molar-refractivity contribution is 7.99. The first kappa shape index (κ1) is 24.3. The molecule has 0 saturated heterocycles. The number of hydrogen-bond acceptors (Lipinski definition) is 6. The van der Waals surface area contributed by atoms with Crippen LogP contribution in [0.2, 0.25) is 0 Å². The molecule has 0 aliphatic rings.